The second kappa shape index (κ2) is 5.20. The number of nitrogens with zero attached hydrogens (tertiary/aromatic N) is 1. The van der Waals surface area contributed by atoms with Crippen LogP contribution >= 0.6 is 24.0 Å². The van der Waals surface area contributed by atoms with Gasteiger partial charge in [0.2, 0.25) is 10.0 Å². The highest BCUT2D eigenvalue weighted by atomic mass is 32.2. The monoisotopic (exact) mass is 282 g/mol. The summed E-state index contributed by atoms with van der Waals surface area (Å²) in [5.41, 5.74) is 5.42. The predicted octanol–water partition coefficient (Wildman–Crippen LogP) is 0.817. The van der Waals surface area contributed by atoms with E-state index < -0.39 is 15.3 Å². The number of nitrogens with two attached hydrogens (primary N) is 1. The molecule has 1 rings (SSSR count). The average molecular weight is 282 g/mol. The summed E-state index contributed by atoms with van der Waals surface area (Å²) in [6.07, 6.45) is 0. The molecular weight excluding hydrogens is 264 g/mol. The van der Waals surface area contributed by atoms with E-state index in [-0.39, 0.29) is 4.99 Å². The van der Waals surface area contributed by atoms with Crippen LogP contribution in [0.1, 0.15) is 20.8 Å². The van der Waals surface area contributed by atoms with Crippen molar-refractivity contribution in [1.82, 2.24) is 4.31 Å². The summed E-state index contributed by atoms with van der Waals surface area (Å²) in [6, 6.07) is 0. The molecule has 0 amide bonds. The van der Waals surface area contributed by atoms with Crippen LogP contribution in [-0.4, -0.2) is 46.6 Å². The van der Waals surface area contributed by atoms with Crippen LogP contribution in [0.2, 0.25) is 0 Å². The molecule has 0 aromatic heterocycles. The summed E-state index contributed by atoms with van der Waals surface area (Å²) in [4.78, 5) is 0.0403. The molecule has 94 valence electrons. The minimum atomic E-state index is -3.37. The van der Waals surface area contributed by atoms with Crippen molar-refractivity contribution in [1.29, 1.82) is 0 Å². The molecule has 0 bridgehead atoms. The Hall–Kier alpha value is 0.150. The Morgan fingerprint density at radius 2 is 1.88 bits per heavy atom. The van der Waals surface area contributed by atoms with Gasteiger partial charge in [-0.2, -0.15) is 16.1 Å². The number of sulfonamides is 1. The van der Waals surface area contributed by atoms with E-state index in [2.05, 4.69) is 0 Å². The highest BCUT2D eigenvalue weighted by Gasteiger charge is 2.35. The largest absolute Gasteiger partial charge is 0.392 e. The predicted molar refractivity (Wildman–Crippen MR) is 73.3 cm³/mol. The molecule has 0 aliphatic carbocycles. The third kappa shape index (κ3) is 3.09. The number of rotatable bonds is 3. The van der Waals surface area contributed by atoms with Gasteiger partial charge in [0.15, 0.2) is 0 Å². The van der Waals surface area contributed by atoms with E-state index in [0.717, 1.165) is 0 Å². The van der Waals surface area contributed by atoms with Crippen LogP contribution in [0.25, 0.3) is 0 Å². The third-order valence-corrected chi connectivity index (χ3v) is 6.49. The molecule has 0 spiro atoms. The minimum Gasteiger partial charge on any atom is -0.392 e. The maximum atomic E-state index is 12.2. The van der Waals surface area contributed by atoms with Crippen LogP contribution in [-0.2, 0) is 10.0 Å². The van der Waals surface area contributed by atoms with E-state index in [0.29, 0.717) is 23.6 Å². The zero-order chi connectivity index (χ0) is 12.5. The van der Waals surface area contributed by atoms with Gasteiger partial charge in [0.05, 0.1) is 4.99 Å². The Morgan fingerprint density at radius 1 is 1.44 bits per heavy atom. The van der Waals surface area contributed by atoms with Crippen LogP contribution in [0.5, 0.6) is 0 Å². The van der Waals surface area contributed by atoms with Gasteiger partial charge in [0.1, 0.15) is 5.25 Å². The first-order valence-corrected chi connectivity index (χ1v) is 8.04. The van der Waals surface area contributed by atoms with Crippen LogP contribution in [0, 0.1) is 0 Å². The lowest BCUT2D eigenvalue weighted by molar-refractivity contribution is 0.403. The highest BCUT2D eigenvalue weighted by molar-refractivity contribution is 8.00. The maximum absolute atomic E-state index is 12.2. The molecule has 0 aromatic carbocycles. The molecule has 1 aliphatic rings. The minimum absolute atomic E-state index is 0.0403. The number of hydrogen-bond acceptors (Lipinski definition) is 4. The van der Waals surface area contributed by atoms with Gasteiger partial charge < -0.3 is 5.73 Å². The zero-order valence-corrected chi connectivity index (χ0v) is 12.2. The van der Waals surface area contributed by atoms with Crippen molar-refractivity contribution >= 4 is 39.0 Å². The Bertz CT molecular complexity index is 359. The molecule has 3 unspecified atom stereocenters. The maximum Gasteiger partial charge on any atom is 0.223 e. The van der Waals surface area contributed by atoms with Crippen molar-refractivity contribution in [2.45, 2.75) is 36.5 Å². The summed E-state index contributed by atoms with van der Waals surface area (Å²) in [5, 5.41) is -0.140. The summed E-state index contributed by atoms with van der Waals surface area (Å²) in [6.45, 7) is 6.71. The second-order valence-electron chi connectivity index (χ2n) is 4.16. The molecule has 0 radical (unpaired) electrons. The molecule has 4 nitrogen and oxygen atoms in total. The van der Waals surface area contributed by atoms with Gasteiger partial charge in [-0.25, -0.2) is 8.42 Å². The first kappa shape index (κ1) is 14.2. The van der Waals surface area contributed by atoms with Crippen LogP contribution < -0.4 is 5.73 Å². The Labute approximate surface area is 107 Å². The fourth-order valence-electron chi connectivity index (χ4n) is 1.71. The normalized spacial score (nSPS) is 29.9. The SMILES string of the molecule is CC1CN(S(=O)(=O)C(C)C(N)=S)CC(C)S1. The van der Waals surface area contributed by atoms with E-state index in [1.165, 1.54) is 4.31 Å². The van der Waals surface area contributed by atoms with E-state index in [1.807, 2.05) is 25.6 Å². The average Bonchev–Trinajstić information content (AvgIpc) is 2.14. The summed E-state index contributed by atoms with van der Waals surface area (Å²) in [7, 11) is -3.37. The highest BCUT2D eigenvalue weighted by Crippen LogP contribution is 2.27. The van der Waals surface area contributed by atoms with Gasteiger partial charge in [0.25, 0.3) is 0 Å². The van der Waals surface area contributed by atoms with E-state index in [9.17, 15) is 8.42 Å². The number of thiocarbonyl (C=S) groups is 1. The van der Waals surface area contributed by atoms with Crippen molar-refractivity contribution in [3.8, 4) is 0 Å². The van der Waals surface area contributed by atoms with E-state index >= 15 is 0 Å². The van der Waals surface area contributed by atoms with Gasteiger partial charge in [-0.15, -0.1) is 0 Å². The first-order chi connectivity index (χ1) is 7.25. The number of thioether (sulfide) groups is 1. The molecule has 1 aliphatic heterocycles. The van der Waals surface area contributed by atoms with Gasteiger partial charge in [-0.05, 0) is 6.92 Å². The van der Waals surface area contributed by atoms with Crippen LogP contribution in [0.15, 0.2) is 0 Å². The lowest BCUT2D eigenvalue weighted by Gasteiger charge is -2.35. The smallest absolute Gasteiger partial charge is 0.223 e. The topological polar surface area (TPSA) is 63.4 Å². The van der Waals surface area contributed by atoms with Crippen molar-refractivity contribution in [2.75, 3.05) is 13.1 Å². The third-order valence-electron chi connectivity index (χ3n) is 2.59. The van der Waals surface area contributed by atoms with Crippen molar-refractivity contribution in [2.24, 2.45) is 5.73 Å². The summed E-state index contributed by atoms with van der Waals surface area (Å²) < 4.78 is 25.9. The molecule has 0 aromatic rings. The molecule has 1 fully saturated rings. The molecule has 2 N–H and O–H groups in total. The molecule has 1 heterocycles. The number of hydrogen-bond donors (Lipinski definition) is 1. The van der Waals surface area contributed by atoms with E-state index in [1.54, 1.807) is 6.92 Å². The van der Waals surface area contributed by atoms with E-state index in [4.69, 9.17) is 18.0 Å². The molecule has 0 saturated carbocycles. The molecular formula is C9H18N2O2S3. The lowest BCUT2D eigenvalue weighted by atomic mass is 10.4. The van der Waals surface area contributed by atoms with Gasteiger partial charge in [-0.1, -0.05) is 26.1 Å². The zero-order valence-electron chi connectivity index (χ0n) is 9.71. The fourth-order valence-corrected chi connectivity index (χ4v) is 5.19. The summed E-state index contributed by atoms with van der Waals surface area (Å²) in [5.74, 6) is 0. The molecule has 7 heteroatoms. The van der Waals surface area contributed by atoms with Gasteiger partial charge in [0, 0.05) is 23.6 Å². The lowest BCUT2D eigenvalue weighted by Crippen LogP contribution is -2.49. The van der Waals surface area contributed by atoms with Crippen LogP contribution in [0.3, 0.4) is 0 Å². The van der Waals surface area contributed by atoms with Crippen molar-refractivity contribution in [3.05, 3.63) is 0 Å². The van der Waals surface area contributed by atoms with Crippen LogP contribution in [0.4, 0.5) is 0 Å². The standard InChI is InChI=1S/C9H18N2O2S3/c1-6-4-11(5-7(2)15-6)16(12,13)8(3)9(10)14/h6-8H,4-5H2,1-3H3,(H2,10,14). The van der Waals surface area contributed by atoms with Gasteiger partial charge >= 0.3 is 0 Å². The quantitative estimate of drug-likeness (QED) is 0.776. The Morgan fingerprint density at radius 3 is 2.25 bits per heavy atom. The first-order valence-electron chi connectivity index (χ1n) is 5.19. The second-order valence-corrected chi connectivity index (χ2v) is 8.77. The summed E-state index contributed by atoms with van der Waals surface area (Å²) >= 11 is 6.57. The fraction of sp³-hybridized carbons (Fsp3) is 0.889. The van der Waals surface area contributed by atoms with Crippen molar-refractivity contribution in [3.63, 3.8) is 0 Å². The van der Waals surface area contributed by atoms with Gasteiger partial charge in [-0.3, -0.25) is 0 Å². The molecule has 3 atom stereocenters. The molecule has 16 heavy (non-hydrogen) atoms. The molecule has 1 saturated heterocycles. The Balaban J connectivity index is 2.87. The van der Waals surface area contributed by atoms with Crippen molar-refractivity contribution < 1.29 is 8.42 Å². The Kier molecular flexibility index (Phi) is 4.62.